The maximum Gasteiger partial charge on any atom is 0.270 e. The van der Waals surface area contributed by atoms with Gasteiger partial charge in [-0.1, -0.05) is 23.2 Å². The van der Waals surface area contributed by atoms with Crippen molar-refractivity contribution in [1.82, 2.24) is 8.96 Å². The van der Waals surface area contributed by atoms with E-state index in [9.17, 15) is 8.42 Å². The molecule has 120 valence electrons. The first-order valence-corrected chi connectivity index (χ1v) is 9.55. The Morgan fingerprint density at radius 2 is 1.65 bits per heavy atom. The summed E-state index contributed by atoms with van der Waals surface area (Å²) in [7, 11) is -3.86. The van der Waals surface area contributed by atoms with E-state index in [1.807, 2.05) is 19.9 Å². The van der Waals surface area contributed by atoms with Crippen LogP contribution in [0.25, 0.3) is 11.0 Å². The van der Waals surface area contributed by atoms with Crippen LogP contribution < -0.4 is 0 Å². The van der Waals surface area contributed by atoms with Crippen molar-refractivity contribution in [3.8, 4) is 0 Å². The standard InChI is InChI=1S/C15H11BrCl2N2O2S/c1-8-3-13-14(4-9(8)2)20(7-19-13)23(21,22)15-6-12(18)11(17)5-10(15)16/h3-7H,1-2H3. The van der Waals surface area contributed by atoms with Gasteiger partial charge in [0.25, 0.3) is 10.0 Å². The van der Waals surface area contributed by atoms with E-state index in [1.165, 1.54) is 18.5 Å². The van der Waals surface area contributed by atoms with Crippen molar-refractivity contribution in [3.05, 3.63) is 56.2 Å². The van der Waals surface area contributed by atoms with Crippen LogP contribution in [0, 0.1) is 13.8 Å². The van der Waals surface area contributed by atoms with Crippen molar-refractivity contribution in [2.75, 3.05) is 0 Å². The molecule has 0 amide bonds. The topological polar surface area (TPSA) is 52.0 Å². The number of halogens is 3. The van der Waals surface area contributed by atoms with Crippen LogP contribution in [-0.4, -0.2) is 17.4 Å². The Kier molecular flexibility index (Phi) is 4.21. The van der Waals surface area contributed by atoms with Crippen LogP contribution in [0.1, 0.15) is 11.1 Å². The summed E-state index contributed by atoms with van der Waals surface area (Å²) in [5, 5.41) is 0.448. The van der Waals surface area contributed by atoms with E-state index < -0.39 is 10.0 Å². The predicted octanol–water partition coefficient (Wildman–Crippen LogP) is 4.96. The summed E-state index contributed by atoms with van der Waals surface area (Å²) in [6.45, 7) is 3.88. The van der Waals surface area contributed by atoms with Crippen LogP contribution in [0.15, 0.2) is 40.0 Å². The van der Waals surface area contributed by atoms with Crippen molar-refractivity contribution >= 4 is 60.2 Å². The van der Waals surface area contributed by atoms with Crippen molar-refractivity contribution in [2.24, 2.45) is 0 Å². The minimum Gasteiger partial charge on any atom is -0.236 e. The molecule has 3 aromatic rings. The molecule has 1 aromatic heterocycles. The van der Waals surface area contributed by atoms with E-state index in [1.54, 1.807) is 6.07 Å². The summed E-state index contributed by atoms with van der Waals surface area (Å²) < 4.78 is 27.5. The largest absolute Gasteiger partial charge is 0.270 e. The smallest absolute Gasteiger partial charge is 0.236 e. The lowest BCUT2D eigenvalue weighted by atomic mass is 10.1. The van der Waals surface area contributed by atoms with Crippen LogP contribution in [0.5, 0.6) is 0 Å². The second-order valence-electron chi connectivity index (χ2n) is 5.17. The molecule has 0 aliphatic heterocycles. The Labute approximate surface area is 152 Å². The molecule has 0 saturated heterocycles. The third-order valence-electron chi connectivity index (χ3n) is 3.64. The predicted molar refractivity (Wildman–Crippen MR) is 96.0 cm³/mol. The SMILES string of the molecule is Cc1cc2ncn(S(=O)(=O)c3cc(Cl)c(Cl)cc3Br)c2cc1C. The van der Waals surface area contributed by atoms with Gasteiger partial charge in [-0.2, -0.15) is 0 Å². The van der Waals surface area contributed by atoms with Crippen molar-refractivity contribution in [1.29, 1.82) is 0 Å². The van der Waals surface area contributed by atoms with Gasteiger partial charge in [-0.15, -0.1) is 0 Å². The summed E-state index contributed by atoms with van der Waals surface area (Å²) in [4.78, 5) is 4.22. The third-order valence-corrected chi connectivity index (χ3v) is 6.98. The Morgan fingerprint density at radius 1 is 1.04 bits per heavy atom. The quantitative estimate of drug-likeness (QED) is 0.536. The normalized spacial score (nSPS) is 12.0. The maximum absolute atomic E-state index is 13.0. The monoisotopic (exact) mass is 432 g/mol. The summed E-state index contributed by atoms with van der Waals surface area (Å²) in [5.41, 5.74) is 3.18. The molecular weight excluding hydrogens is 423 g/mol. The summed E-state index contributed by atoms with van der Waals surface area (Å²) in [5.74, 6) is 0. The molecule has 8 heteroatoms. The van der Waals surface area contributed by atoms with E-state index in [4.69, 9.17) is 23.2 Å². The molecular formula is C15H11BrCl2N2O2S. The lowest BCUT2D eigenvalue weighted by molar-refractivity contribution is 0.588. The van der Waals surface area contributed by atoms with E-state index in [0.29, 0.717) is 15.5 Å². The highest BCUT2D eigenvalue weighted by Gasteiger charge is 2.24. The van der Waals surface area contributed by atoms with Gasteiger partial charge in [-0.05, 0) is 65.2 Å². The van der Waals surface area contributed by atoms with E-state index in [0.717, 1.165) is 15.1 Å². The number of imidazole rings is 1. The van der Waals surface area contributed by atoms with Gasteiger partial charge in [0.15, 0.2) is 0 Å². The summed E-state index contributed by atoms with van der Waals surface area (Å²) in [6, 6.07) is 6.46. The minimum absolute atomic E-state index is 0.0319. The second-order valence-corrected chi connectivity index (χ2v) is 8.62. The van der Waals surface area contributed by atoms with Gasteiger partial charge < -0.3 is 0 Å². The van der Waals surface area contributed by atoms with Gasteiger partial charge in [0.2, 0.25) is 0 Å². The van der Waals surface area contributed by atoms with Crippen molar-refractivity contribution < 1.29 is 8.42 Å². The van der Waals surface area contributed by atoms with Gasteiger partial charge in [-0.25, -0.2) is 17.4 Å². The first-order valence-electron chi connectivity index (χ1n) is 6.56. The molecule has 23 heavy (non-hydrogen) atoms. The van der Waals surface area contributed by atoms with Crippen LogP contribution in [0.3, 0.4) is 0 Å². The average Bonchev–Trinajstić information content (AvgIpc) is 2.86. The fourth-order valence-electron chi connectivity index (χ4n) is 2.24. The van der Waals surface area contributed by atoms with Crippen LogP contribution in [-0.2, 0) is 10.0 Å². The molecule has 0 unspecified atom stereocenters. The van der Waals surface area contributed by atoms with Gasteiger partial charge in [-0.3, -0.25) is 0 Å². The van der Waals surface area contributed by atoms with Gasteiger partial charge in [0.05, 0.1) is 21.1 Å². The average molecular weight is 434 g/mol. The van der Waals surface area contributed by atoms with Gasteiger partial charge in [0, 0.05) is 4.47 Å². The molecule has 0 aliphatic carbocycles. The highest BCUT2D eigenvalue weighted by atomic mass is 79.9. The maximum atomic E-state index is 13.0. The molecule has 0 fully saturated rings. The van der Waals surface area contributed by atoms with Gasteiger partial charge in [0.1, 0.15) is 11.2 Å². The molecule has 0 saturated carbocycles. The third kappa shape index (κ3) is 2.78. The van der Waals surface area contributed by atoms with Crippen molar-refractivity contribution in [2.45, 2.75) is 18.7 Å². The fraction of sp³-hybridized carbons (Fsp3) is 0.133. The minimum atomic E-state index is -3.86. The summed E-state index contributed by atoms with van der Waals surface area (Å²) >= 11 is 15.1. The Balaban J connectivity index is 2.29. The van der Waals surface area contributed by atoms with Crippen LogP contribution in [0.4, 0.5) is 0 Å². The zero-order valence-electron chi connectivity index (χ0n) is 12.1. The number of rotatable bonds is 2. The number of aryl methyl sites for hydroxylation is 2. The fourth-order valence-corrected chi connectivity index (χ4v) is 5.08. The van der Waals surface area contributed by atoms with Gasteiger partial charge >= 0.3 is 0 Å². The molecule has 0 bridgehead atoms. The van der Waals surface area contributed by atoms with E-state index in [-0.39, 0.29) is 14.9 Å². The molecule has 2 aromatic carbocycles. The molecule has 0 radical (unpaired) electrons. The molecule has 1 heterocycles. The molecule has 0 atom stereocenters. The molecule has 0 N–H and O–H groups in total. The van der Waals surface area contributed by atoms with Crippen LogP contribution in [0.2, 0.25) is 10.0 Å². The second kappa shape index (κ2) is 5.77. The Morgan fingerprint density at radius 3 is 2.35 bits per heavy atom. The molecule has 4 nitrogen and oxygen atoms in total. The lowest BCUT2D eigenvalue weighted by Gasteiger charge is -2.10. The highest BCUT2D eigenvalue weighted by molar-refractivity contribution is 9.10. The van der Waals surface area contributed by atoms with E-state index >= 15 is 0 Å². The Hall–Kier alpha value is -1.08. The van der Waals surface area contributed by atoms with E-state index in [2.05, 4.69) is 20.9 Å². The number of aromatic nitrogens is 2. The summed E-state index contributed by atoms with van der Waals surface area (Å²) in [6.07, 6.45) is 1.30. The first-order chi connectivity index (χ1) is 10.7. The number of fused-ring (bicyclic) bond motifs is 1. The number of benzene rings is 2. The zero-order valence-corrected chi connectivity index (χ0v) is 16.1. The lowest BCUT2D eigenvalue weighted by Crippen LogP contribution is -2.12. The van der Waals surface area contributed by atoms with Crippen molar-refractivity contribution in [3.63, 3.8) is 0 Å². The number of nitrogens with zero attached hydrogens (tertiary/aromatic N) is 2. The highest BCUT2D eigenvalue weighted by Crippen LogP contribution is 2.34. The zero-order chi connectivity index (χ0) is 16.9. The molecule has 0 aliphatic rings. The molecule has 0 spiro atoms. The first kappa shape index (κ1) is 16.8. The number of hydrogen-bond donors (Lipinski definition) is 0. The van der Waals surface area contributed by atoms with Crippen LogP contribution >= 0.6 is 39.1 Å². The number of hydrogen-bond acceptors (Lipinski definition) is 3. The Bertz CT molecular complexity index is 1050. The molecule has 3 rings (SSSR count).